The Morgan fingerprint density at radius 2 is 2.00 bits per heavy atom. The molecule has 0 fully saturated rings. The van der Waals surface area contributed by atoms with E-state index in [0.717, 1.165) is 27.3 Å². The first-order valence-corrected chi connectivity index (χ1v) is 8.91. The quantitative estimate of drug-likeness (QED) is 0.585. The van der Waals surface area contributed by atoms with Crippen molar-refractivity contribution in [2.24, 2.45) is 0 Å². The zero-order chi connectivity index (χ0) is 18.1. The van der Waals surface area contributed by atoms with Crippen LogP contribution < -0.4 is 10.3 Å². The molecule has 0 aliphatic carbocycles. The van der Waals surface area contributed by atoms with Crippen molar-refractivity contribution in [1.82, 2.24) is 14.6 Å². The van der Waals surface area contributed by atoms with Crippen LogP contribution in [0.25, 0.3) is 27.2 Å². The summed E-state index contributed by atoms with van der Waals surface area (Å²) in [6.07, 6.45) is 1.78. The molecule has 0 saturated heterocycles. The zero-order valence-electron chi connectivity index (χ0n) is 14.4. The molecule has 1 aromatic carbocycles. The number of H-pyrrole nitrogens is 1. The maximum absolute atomic E-state index is 12.3. The van der Waals surface area contributed by atoms with E-state index in [1.54, 1.807) is 31.8 Å². The van der Waals surface area contributed by atoms with E-state index in [4.69, 9.17) is 9.47 Å². The van der Waals surface area contributed by atoms with Crippen molar-refractivity contribution in [3.63, 3.8) is 0 Å². The van der Waals surface area contributed by atoms with Crippen LogP contribution in [0.1, 0.15) is 5.69 Å². The van der Waals surface area contributed by atoms with Gasteiger partial charge in [-0.2, -0.15) is 0 Å². The second-order valence-electron chi connectivity index (χ2n) is 5.74. The number of hydrogen-bond donors (Lipinski definition) is 1. The van der Waals surface area contributed by atoms with E-state index in [2.05, 4.69) is 15.5 Å². The summed E-state index contributed by atoms with van der Waals surface area (Å²) in [7, 11) is 3.23. The number of hydrogen-bond acceptors (Lipinski definition) is 5. The summed E-state index contributed by atoms with van der Waals surface area (Å²) in [6.45, 7) is 0.285. The van der Waals surface area contributed by atoms with Crippen molar-refractivity contribution >= 4 is 17.0 Å². The molecule has 0 saturated carbocycles. The Balaban J connectivity index is 1.91. The highest BCUT2D eigenvalue weighted by Crippen LogP contribution is 2.45. The highest BCUT2D eigenvalue weighted by atomic mass is 32.1. The van der Waals surface area contributed by atoms with Gasteiger partial charge in [0.1, 0.15) is 5.75 Å². The highest BCUT2D eigenvalue weighted by Gasteiger charge is 2.20. The van der Waals surface area contributed by atoms with Crippen LogP contribution >= 0.6 is 11.3 Å². The second kappa shape index (κ2) is 6.78. The molecule has 0 atom stereocenters. The molecule has 1 N–H and O–H groups in total. The lowest BCUT2D eigenvalue weighted by Crippen LogP contribution is -2.15. The van der Waals surface area contributed by atoms with Crippen LogP contribution in [0.2, 0.25) is 0 Å². The Morgan fingerprint density at radius 3 is 2.73 bits per heavy atom. The molecule has 3 aromatic heterocycles. The number of nitrogens with zero attached hydrogens (tertiary/aromatic N) is 2. The van der Waals surface area contributed by atoms with Crippen molar-refractivity contribution in [2.45, 2.75) is 6.61 Å². The fourth-order valence-corrected chi connectivity index (χ4v) is 4.03. The number of fused-ring (bicyclic) bond motifs is 1. The Kier molecular flexibility index (Phi) is 4.32. The van der Waals surface area contributed by atoms with E-state index in [-0.39, 0.29) is 12.2 Å². The monoisotopic (exact) mass is 367 g/mol. The van der Waals surface area contributed by atoms with Gasteiger partial charge < -0.3 is 9.47 Å². The number of ether oxygens (including phenoxy) is 2. The molecular weight excluding hydrogens is 350 g/mol. The summed E-state index contributed by atoms with van der Waals surface area (Å²) < 4.78 is 12.3. The van der Waals surface area contributed by atoms with Gasteiger partial charge in [0.15, 0.2) is 5.65 Å². The van der Waals surface area contributed by atoms with Crippen molar-refractivity contribution in [1.29, 1.82) is 0 Å². The number of nitrogens with one attached hydrogen (secondary N) is 1. The van der Waals surface area contributed by atoms with Crippen molar-refractivity contribution in [3.8, 4) is 27.3 Å². The predicted octanol–water partition coefficient (Wildman–Crippen LogP) is 3.57. The maximum atomic E-state index is 12.3. The average Bonchev–Trinajstić information content (AvgIpc) is 3.26. The summed E-state index contributed by atoms with van der Waals surface area (Å²) in [5.41, 5.74) is 3.90. The third kappa shape index (κ3) is 2.71. The van der Waals surface area contributed by atoms with Crippen LogP contribution in [0.3, 0.4) is 0 Å². The molecule has 0 spiro atoms. The van der Waals surface area contributed by atoms with Gasteiger partial charge in [-0.05, 0) is 5.56 Å². The molecule has 0 aliphatic heterocycles. The predicted molar refractivity (Wildman–Crippen MR) is 102 cm³/mol. The maximum Gasteiger partial charge on any atom is 0.272 e. The van der Waals surface area contributed by atoms with E-state index in [1.807, 2.05) is 30.3 Å². The lowest BCUT2D eigenvalue weighted by atomic mass is 10.1. The van der Waals surface area contributed by atoms with Crippen molar-refractivity contribution in [3.05, 3.63) is 64.0 Å². The average molecular weight is 367 g/mol. The van der Waals surface area contributed by atoms with Crippen LogP contribution in [0.5, 0.6) is 5.75 Å². The number of benzene rings is 1. The molecule has 4 rings (SSSR count). The zero-order valence-corrected chi connectivity index (χ0v) is 15.2. The van der Waals surface area contributed by atoms with Crippen LogP contribution in [0.4, 0.5) is 0 Å². The molecule has 0 unspecified atom stereocenters. The van der Waals surface area contributed by atoms with E-state index in [1.165, 1.54) is 10.6 Å². The minimum absolute atomic E-state index is 0.174. The van der Waals surface area contributed by atoms with Crippen LogP contribution in [0, 0.1) is 0 Å². The fourth-order valence-electron chi connectivity index (χ4n) is 2.97. The van der Waals surface area contributed by atoms with Crippen molar-refractivity contribution in [2.75, 3.05) is 14.2 Å². The van der Waals surface area contributed by atoms with Gasteiger partial charge in [0, 0.05) is 30.3 Å². The Hall–Kier alpha value is -2.90. The standard InChI is InChI=1S/C19H17N3O3S/c1-24-10-13-8-16(23)22-19(21-13)14(9-20-22)18-17(25-2)15(11-26-18)12-6-4-3-5-7-12/h3-9,11,20H,10H2,1-2H3. The number of thiophene rings is 1. The van der Waals surface area contributed by atoms with E-state index in [0.29, 0.717) is 11.3 Å². The normalized spacial score (nSPS) is 11.2. The summed E-state index contributed by atoms with van der Waals surface area (Å²) in [5.74, 6) is 0.772. The molecule has 4 aromatic rings. The van der Waals surface area contributed by atoms with Crippen molar-refractivity contribution < 1.29 is 9.47 Å². The molecule has 6 nitrogen and oxygen atoms in total. The summed E-state index contributed by atoms with van der Waals surface area (Å²) in [4.78, 5) is 17.8. The SMILES string of the molecule is COCc1cc(=O)n2[nH]cc(-c3scc(-c4ccccc4)c3OC)c2n1. The lowest BCUT2D eigenvalue weighted by Gasteiger charge is -2.06. The van der Waals surface area contributed by atoms with Crippen LogP contribution in [-0.4, -0.2) is 28.8 Å². The number of methoxy groups -OCH3 is 2. The minimum atomic E-state index is -0.174. The van der Waals surface area contributed by atoms with E-state index in [9.17, 15) is 4.79 Å². The Morgan fingerprint density at radius 1 is 1.19 bits per heavy atom. The van der Waals surface area contributed by atoms with Gasteiger partial charge in [0.05, 0.1) is 29.9 Å². The summed E-state index contributed by atoms with van der Waals surface area (Å²) >= 11 is 1.56. The van der Waals surface area contributed by atoms with Gasteiger partial charge in [-0.15, -0.1) is 11.3 Å². The molecule has 3 heterocycles. The first-order chi connectivity index (χ1) is 12.7. The van der Waals surface area contributed by atoms with E-state index >= 15 is 0 Å². The number of rotatable bonds is 5. The van der Waals surface area contributed by atoms with Crippen LogP contribution in [0.15, 0.2) is 52.8 Å². The summed E-state index contributed by atoms with van der Waals surface area (Å²) in [5, 5.41) is 5.04. The molecule has 26 heavy (non-hydrogen) atoms. The highest BCUT2D eigenvalue weighted by molar-refractivity contribution is 7.14. The van der Waals surface area contributed by atoms with Crippen LogP contribution in [-0.2, 0) is 11.3 Å². The molecule has 0 aliphatic rings. The number of aromatic nitrogens is 3. The topological polar surface area (TPSA) is 68.6 Å². The first kappa shape index (κ1) is 16.6. The van der Waals surface area contributed by atoms with E-state index < -0.39 is 0 Å². The van der Waals surface area contributed by atoms with Gasteiger partial charge in [-0.1, -0.05) is 30.3 Å². The molecule has 7 heteroatoms. The van der Waals surface area contributed by atoms with Gasteiger partial charge in [-0.3, -0.25) is 9.89 Å². The smallest absolute Gasteiger partial charge is 0.272 e. The third-order valence-corrected chi connectivity index (χ3v) is 5.12. The molecule has 0 radical (unpaired) electrons. The Labute approximate surface area is 153 Å². The van der Waals surface area contributed by atoms with Gasteiger partial charge in [-0.25, -0.2) is 9.50 Å². The molecule has 0 bridgehead atoms. The third-order valence-electron chi connectivity index (χ3n) is 4.12. The molecule has 0 amide bonds. The second-order valence-corrected chi connectivity index (χ2v) is 6.62. The Bertz CT molecular complexity index is 1110. The molecule has 132 valence electrons. The minimum Gasteiger partial charge on any atom is -0.495 e. The fraction of sp³-hybridized carbons (Fsp3) is 0.158. The molecular formula is C19H17N3O3S. The summed E-state index contributed by atoms with van der Waals surface area (Å²) in [6, 6.07) is 11.5. The lowest BCUT2D eigenvalue weighted by molar-refractivity contribution is 0.181. The van der Waals surface area contributed by atoms with Gasteiger partial charge >= 0.3 is 0 Å². The largest absolute Gasteiger partial charge is 0.495 e. The van der Waals surface area contributed by atoms with Gasteiger partial charge in [0.25, 0.3) is 5.56 Å². The van der Waals surface area contributed by atoms with Gasteiger partial charge in [0.2, 0.25) is 0 Å². The first-order valence-electron chi connectivity index (χ1n) is 8.03. The number of aromatic amines is 1.